The Morgan fingerprint density at radius 3 is 2.63 bits per heavy atom. The van der Waals surface area contributed by atoms with Gasteiger partial charge < -0.3 is 10.1 Å². The van der Waals surface area contributed by atoms with Gasteiger partial charge in [-0.05, 0) is 57.7 Å². The molecular formula is C16H26ClNO. The first-order chi connectivity index (χ1) is 8.92. The fourth-order valence-electron chi connectivity index (χ4n) is 1.95. The lowest BCUT2D eigenvalue weighted by Gasteiger charge is -2.25. The maximum Gasteiger partial charge on any atom is 0.0472 e. The first kappa shape index (κ1) is 16.5. The molecule has 0 radical (unpaired) electrons. The molecule has 1 unspecified atom stereocenters. The summed E-state index contributed by atoms with van der Waals surface area (Å²) in [5, 5.41) is 4.37. The van der Waals surface area contributed by atoms with Crippen molar-refractivity contribution in [3.63, 3.8) is 0 Å². The molecule has 1 atom stereocenters. The SMILES string of the molecule is CCOCCC(CNC(C)(C)C)c1cccc(Cl)c1. The predicted octanol–water partition coefficient (Wildman–Crippen LogP) is 4.24. The van der Waals surface area contributed by atoms with Crippen molar-refractivity contribution in [1.29, 1.82) is 0 Å². The number of rotatable bonds is 7. The Morgan fingerprint density at radius 1 is 1.32 bits per heavy atom. The van der Waals surface area contributed by atoms with Crippen LogP contribution in [-0.4, -0.2) is 25.3 Å². The molecular weight excluding hydrogens is 258 g/mol. The van der Waals surface area contributed by atoms with Crippen LogP contribution in [0, 0.1) is 0 Å². The third-order valence-electron chi connectivity index (χ3n) is 3.01. The van der Waals surface area contributed by atoms with Crippen LogP contribution in [0.15, 0.2) is 24.3 Å². The van der Waals surface area contributed by atoms with Crippen LogP contribution in [0.4, 0.5) is 0 Å². The van der Waals surface area contributed by atoms with Gasteiger partial charge >= 0.3 is 0 Å². The van der Waals surface area contributed by atoms with Crippen LogP contribution in [0.1, 0.15) is 45.6 Å². The van der Waals surface area contributed by atoms with E-state index in [1.165, 1.54) is 5.56 Å². The molecule has 0 aromatic heterocycles. The van der Waals surface area contributed by atoms with Crippen LogP contribution in [-0.2, 0) is 4.74 Å². The molecule has 1 N–H and O–H groups in total. The molecule has 0 heterocycles. The third-order valence-corrected chi connectivity index (χ3v) is 3.25. The fourth-order valence-corrected chi connectivity index (χ4v) is 2.15. The van der Waals surface area contributed by atoms with E-state index in [1.807, 2.05) is 19.1 Å². The van der Waals surface area contributed by atoms with Gasteiger partial charge in [-0.2, -0.15) is 0 Å². The Hall–Kier alpha value is -0.570. The summed E-state index contributed by atoms with van der Waals surface area (Å²) in [6.07, 6.45) is 1.01. The number of hydrogen-bond acceptors (Lipinski definition) is 2. The highest BCUT2D eigenvalue weighted by molar-refractivity contribution is 6.30. The summed E-state index contributed by atoms with van der Waals surface area (Å²) in [6.45, 7) is 11.1. The van der Waals surface area contributed by atoms with Gasteiger partial charge in [-0.15, -0.1) is 0 Å². The van der Waals surface area contributed by atoms with Gasteiger partial charge in [0.25, 0.3) is 0 Å². The second-order valence-electron chi connectivity index (χ2n) is 5.87. The predicted molar refractivity (Wildman–Crippen MR) is 83.1 cm³/mol. The Balaban J connectivity index is 2.68. The van der Waals surface area contributed by atoms with Crippen LogP contribution in [0.5, 0.6) is 0 Å². The molecule has 0 fully saturated rings. The van der Waals surface area contributed by atoms with E-state index in [2.05, 4.69) is 38.2 Å². The summed E-state index contributed by atoms with van der Waals surface area (Å²) in [4.78, 5) is 0. The first-order valence-electron chi connectivity index (χ1n) is 7.00. The minimum Gasteiger partial charge on any atom is -0.382 e. The van der Waals surface area contributed by atoms with Gasteiger partial charge in [0.1, 0.15) is 0 Å². The average molecular weight is 284 g/mol. The maximum atomic E-state index is 6.09. The largest absolute Gasteiger partial charge is 0.382 e. The molecule has 0 saturated carbocycles. The van der Waals surface area contributed by atoms with Crippen molar-refractivity contribution >= 4 is 11.6 Å². The zero-order valence-corrected chi connectivity index (χ0v) is 13.3. The number of nitrogens with one attached hydrogen (secondary N) is 1. The van der Waals surface area contributed by atoms with E-state index < -0.39 is 0 Å². The molecule has 2 nitrogen and oxygen atoms in total. The molecule has 0 bridgehead atoms. The van der Waals surface area contributed by atoms with Crippen LogP contribution in [0.3, 0.4) is 0 Å². The van der Waals surface area contributed by atoms with Crippen molar-refractivity contribution in [3.8, 4) is 0 Å². The minimum absolute atomic E-state index is 0.127. The lowest BCUT2D eigenvalue weighted by atomic mass is 9.94. The normalized spacial score (nSPS) is 13.5. The molecule has 0 spiro atoms. The molecule has 0 aliphatic carbocycles. The van der Waals surface area contributed by atoms with E-state index in [-0.39, 0.29) is 5.54 Å². The van der Waals surface area contributed by atoms with Crippen molar-refractivity contribution in [2.24, 2.45) is 0 Å². The van der Waals surface area contributed by atoms with E-state index in [0.29, 0.717) is 5.92 Å². The van der Waals surface area contributed by atoms with E-state index >= 15 is 0 Å². The average Bonchev–Trinajstić information content (AvgIpc) is 2.32. The molecule has 0 aliphatic heterocycles. The summed E-state index contributed by atoms with van der Waals surface area (Å²) in [5.74, 6) is 0.435. The van der Waals surface area contributed by atoms with Crippen molar-refractivity contribution in [3.05, 3.63) is 34.9 Å². The Kier molecular flexibility index (Phi) is 6.84. The van der Waals surface area contributed by atoms with Crippen molar-refractivity contribution in [2.45, 2.75) is 45.6 Å². The van der Waals surface area contributed by atoms with Gasteiger partial charge in [0.2, 0.25) is 0 Å². The highest BCUT2D eigenvalue weighted by Gasteiger charge is 2.16. The molecule has 1 rings (SSSR count). The van der Waals surface area contributed by atoms with E-state index in [0.717, 1.165) is 31.2 Å². The fraction of sp³-hybridized carbons (Fsp3) is 0.625. The van der Waals surface area contributed by atoms with Crippen LogP contribution in [0.2, 0.25) is 5.02 Å². The second-order valence-corrected chi connectivity index (χ2v) is 6.30. The monoisotopic (exact) mass is 283 g/mol. The molecule has 19 heavy (non-hydrogen) atoms. The van der Waals surface area contributed by atoms with Crippen LogP contribution < -0.4 is 5.32 Å². The van der Waals surface area contributed by atoms with Gasteiger partial charge in [-0.1, -0.05) is 23.7 Å². The number of benzene rings is 1. The second kappa shape index (κ2) is 7.88. The molecule has 1 aromatic rings. The third kappa shape index (κ3) is 6.95. The van der Waals surface area contributed by atoms with E-state index in [9.17, 15) is 0 Å². The highest BCUT2D eigenvalue weighted by Crippen LogP contribution is 2.23. The van der Waals surface area contributed by atoms with E-state index in [4.69, 9.17) is 16.3 Å². The molecule has 0 aliphatic rings. The maximum absolute atomic E-state index is 6.09. The summed E-state index contributed by atoms with van der Waals surface area (Å²) < 4.78 is 5.49. The number of ether oxygens (including phenoxy) is 1. The highest BCUT2D eigenvalue weighted by atomic mass is 35.5. The van der Waals surface area contributed by atoms with Gasteiger partial charge in [-0.3, -0.25) is 0 Å². The van der Waals surface area contributed by atoms with Gasteiger partial charge in [0.05, 0.1) is 0 Å². The van der Waals surface area contributed by atoms with Crippen molar-refractivity contribution < 1.29 is 4.74 Å². The molecule has 108 valence electrons. The minimum atomic E-state index is 0.127. The summed E-state index contributed by atoms with van der Waals surface area (Å²) >= 11 is 6.09. The zero-order chi connectivity index (χ0) is 14.3. The van der Waals surface area contributed by atoms with Crippen LogP contribution in [0.25, 0.3) is 0 Å². The zero-order valence-electron chi connectivity index (χ0n) is 12.5. The quantitative estimate of drug-likeness (QED) is 0.756. The van der Waals surface area contributed by atoms with Gasteiger partial charge in [0, 0.05) is 30.3 Å². The Morgan fingerprint density at radius 2 is 2.05 bits per heavy atom. The summed E-state index contributed by atoms with van der Waals surface area (Å²) in [7, 11) is 0. The first-order valence-corrected chi connectivity index (χ1v) is 7.38. The van der Waals surface area contributed by atoms with E-state index in [1.54, 1.807) is 0 Å². The Labute approximate surface area is 122 Å². The van der Waals surface area contributed by atoms with Crippen molar-refractivity contribution in [1.82, 2.24) is 5.32 Å². The lowest BCUT2D eigenvalue weighted by molar-refractivity contribution is 0.138. The topological polar surface area (TPSA) is 21.3 Å². The smallest absolute Gasteiger partial charge is 0.0472 e. The molecule has 0 amide bonds. The molecule has 1 aromatic carbocycles. The molecule has 3 heteroatoms. The van der Waals surface area contributed by atoms with Gasteiger partial charge in [-0.25, -0.2) is 0 Å². The van der Waals surface area contributed by atoms with Crippen LogP contribution >= 0.6 is 11.6 Å². The lowest BCUT2D eigenvalue weighted by Crippen LogP contribution is -2.38. The summed E-state index contributed by atoms with van der Waals surface area (Å²) in [5.41, 5.74) is 1.41. The summed E-state index contributed by atoms with van der Waals surface area (Å²) in [6, 6.07) is 8.14. The standard InChI is InChI=1S/C16H26ClNO/c1-5-19-10-9-14(12-18-16(2,3)4)13-7-6-8-15(17)11-13/h6-8,11,14,18H,5,9-10,12H2,1-4H3. The number of hydrogen-bond donors (Lipinski definition) is 1. The Bertz CT molecular complexity index is 373. The van der Waals surface area contributed by atoms with Gasteiger partial charge in [0.15, 0.2) is 0 Å². The van der Waals surface area contributed by atoms with Crippen molar-refractivity contribution in [2.75, 3.05) is 19.8 Å². The molecule has 0 saturated heterocycles. The number of halogens is 1.